The number of hydrogen-bond acceptors (Lipinski definition) is 1. The first-order valence-electron chi connectivity index (χ1n) is 5.96. The molecule has 3 nitrogen and oxygen atoms in total. The Morgan fingerprint density at radius 2 is 1.74 bits per heavy atom. The van der Waals surface area contributed by atoms with Crippen LogP contribution in [-0.2, 0) is 0 Å². The van der Waals surface area contributed by atoms with E-state index in [1.54, 1.807) is 12.1 Å². The van der Waals surface area contributed by atoms with Crippen molar-refractivity contribution in [2.45, 2.75) is 13.8 Å². The van der Waals surface area contributed by atoms with Crippen molar-refractivity contribution in [2.24, 2.45) is 0 Å². The van der Waals surface area contributed by atoms with Crippen LogP contribution in [0.3, 0.4) is 0 Å². The number of aryl methyl sites for hydroxylation is 2. The summed E-state index contributed by atoms with van der Waals surface area (Å²) in [4.78, 5) is 11.8. The number of carbonyl (C=O) groups is 1. The number of amides is 2. The average molecular weight is 275 g/mol. The number of halogens is 1. The third-order valence-corrected chi connectivity index (χ3v) is 3.22. The monoisotopic (exact) mass is 274 g/mol. The smallest absolute Gasteiger partial charge is 0.308 e. The molecule has 0 fully saturated rings. The summed E-state index contributed by atoms with van der Waals surface area (Å²) in [6.45, 7) is 4.04. The van der Waals surface area contributed by atoms with Crippen LogP contribution in [0.2, 0.25) is 5.02 Å². The third kappa shape index (κ3) is 3.48. The summed E-state index contributed by atoms with van der Waals surface area (Å²) >= 11 is 5.97. The molecule has 4 heteroatoms. The van der Waals surface area contributed by atoms with Gasteiger partial charge in [-0.3, -0.25) is 0 Å². The van der Waals surface area contributed by atoms with E-state index in [1.807, 2.05) is 44.2 Å². The quantitative estimate of drug-likeness (QED) is 0.825. The van der Waals surface area contributed by atoms with Crippen molar-refractivity contribution in [1.29, 1.82) is 0 Å². The summed E-state index contributed by atoms with van der Waals surface area (Å²) < 4.78 is 0. The molecule has 0 heterocycles. The highest BCUT2D eigenvalue weighted by Gasteiger charge is 2.05. The number of para-hydroxylation sites is 1. The summed E-state index contributed by atoms with van der Waals surface area (Å²) in [5.41, 5.74) is 3.67. The maximum atomic E-state index is 11.8. The molecule has 0 saturated carbocycles. The normalized spacial score (nSPS) is 10.1. The second kappa shape index (κ2) is 5.76. The predicted molar refractivity (Wildman–Crippen MR) is 80.0 cm³/mol. The molecule has 2 N–H and O–H groups in total. The molecule has 2 aromatic rings. The number of urea groups is 1. The van der Waals surface area contributed by atoms with Crippen LogP contribution in [0.25, 0.3) is 0 Å². The van der Waals surface area contributed by atoms with Gasteiger partial charge in [-0.25, -0.2) is 4.79 Å². The maximum Gasteiger partial charge on any atom is 0.323 e. The number of benzene rings is 2. The van der Waals surface area contributed by atoms with E-state index in [9.17, 15) is 4.79 Å². The van der Waals surface area contributed by atoms with Crippen molar-refractivity contribution in [3.63, 3.8) is 0 Å². The molecule has 2 amide bonds. The second-order valence-electron chi connectivity index (χ2n) is 4.36. The number of carbonyl (C=O) groups excluding carboxylic acids is 1. The lowest BCUT2D eigenvalue weighted by Crippen LogP contribution is -2.19. The van der Waals surface area contributed by atoms with Gasteiger partial charge in [0, 0.05) is 5.69 Å². The van der Waals surface area contributed by atoms with E-state index in [1.165, 1.54) is 5.56 Å². The maximum absolute atomic E-state index is 11.8. The van der Waals surface area contributed by atoms with Crippen LogP contribution >= 0.6 is 11.6 Å². The van der Waals surface area contributed by atoms with E-state index in [2.05, 4.69) is 10.6 Å². The SMILES string of the molecule is Cc1ccc(NC(=O)Nc2ccccc2Cl)cc1C. The van der Waals surface area contributed by atoms with Crippen LogP contribution in [0, 0.1) is 13.8 Å². The zero-order valence-electron chi connectivity index (χ0n) is 10.8. The van der Waals surface area contributed by atoms with Crippen LogP contribution in [0.5, 0.6) is 0 Å². The van der Waals surface area contributed by atoms with Crippen molar-refractivity contribution in [3.8, 4) is 0 Å². The molecule has 0 atom stereocenters. The molecule has 0 aliphatic carbocycles. The first kappa shape index (κ1) is 13.4. The first-order valence-corrected chi connectivity index (χ1v) is 6.34. The van der Waals surface area contributed by atoms with Crippen LogP contribution in [-0.4, -0.2) is 6.03 Å². The highest BCUT2D eigenvalue weighted by atomic mass is 35.5. The average Bonchev–Trinajstić information content (AvgIpc) is 2.37. The molecule has 0 aliphatic heterocycles. The largest absolute Gasteiger partial charge is 0.323 e. The summed E-state index contributed by atoms with van der Waals surface area (Å²) in [6.07, 6.45) is 0. The van der Waals surface area contributed by atoms with Gasteiger partial charge in [0.2, 0.25) is 0 Å². The van der Waals surface area contributed by atoms with E-state index in [0.717, 1.165) is 11.3 Å². The van der Waals surface area contributed by atoms with Gasteiger partial charge in [0.05, 0.1) is 10.7 Å². The minimum atomic E-state index is -0.309. The molecule has 0 bridgehead atoms. The number of anilines is 2. The fourth-order valence-corrected chi connectivity index (χ4v) is 1.85. The molecule has 0 radical (unpaired) electrons. The summed E-state index contributed by atoms with van der Waals surface area (Å²) in [7, 11) is 0. The van der Waals surface area contributed by atoms with Crippen molar-refractivity contribution < 1.29 is 4.79 Å². The summed E-state index contributed by atoms with van der Waals surface area (Å²) in [5, 5.41) is 6.00. The highest BCUT2D eigenvalue weighted by Crippen LogP contribution is 2.21. The third-order valence-electron chi connectivity index (χ3n) is 2.89. The van der Waals surface area contributed by atoms with E-state index >= 15 is 0 Å². The van der Waals surface area contributed by atoms with Crippen molar-refractivity contribution in [3.05, 3.63) is 58.6 Å². The Hall–Kier alpha value is -2.00. The van der Waals surface area contributed by atoms with Crippen molar-refractivity contribution in [1.82, 2.24) is 0 Å². The Balaban J connectivity index is 2.05. The topological polar surface area (TPSA) is 41.1 Å². The van der Waals surface area contributed by atoms with Gasteiger partial charge in [-0.15, -0.1) is 0 Å². The number of hydrogen-bond donors (Lipinski definition) is 2. The van der Waals surface area contributed by atoms with Gasteiger partial charge in [-0.1, -0.05) is 29.8 Å². The van der Waals surface area contributed by atoms with Gasteiger partial charge in [-0.2, -0.15) is 0 Å². The van der Waals surface area contributed by atoms with E-state index in [-0.39, 0.29) is 6.03 Å². The molecule has 0 saturated heterocycles. The van der Waals surface area contributed by atoms with E-state index in [4.69, 9.17) is 11.6 Å². The Kier molecular flexibility index (Phi) is 4.07. The molecule has 2 rings (SSSR count). The Labute approximate surface area is 117 Å². The molecule has 0 spiro atoms. The molecule has 98 valence electrons. The van der Waals surface area contributed by atoms with Gasteiger partial charge < -0.3 is 10.6 Å². The molecule has 2 aromatic carbocycles. The minimum Gasteiger partial charge on any atom is -0.308 e. The molecule has 0 unspecified atom stereocenters. The predicted octanol–water partition coefficient (Wildman–Crippen LogP) is 4.60. The van der Waals surface area contributed by atoms with Crippen LogP contribution in [0.4, 0.5) is 16.2 Å². The van der Waals surface area contributed by atoms with Gasteiger partial charge >= 0.3 is 6.03 Å². The molecular formula is C15H15ClN2O. The molecule has 0 aromatic heterocycles. The highest BCUT2D eigenvalue weighted by molar-refractivity contribution is 6.33. The lowest BCUT2D eigenvalue weighted by Gasteiger charge is -2.10. The lowest BCUT2D eigenvalue weighted by atomic mass is 10.1. The summed E-state index contributed by atoms with van der Waals surface area (Å²) in [6, 6.07) is 12.6. The van der Waals surface area contributed by atoms with Crippen molar-refractivity contribution >= 4 is 29.0 Å². The first-order chi connectivity index (χ1) is 9.06. The second-order valence-corrected chi connectivity index (χ2v) is 4.77. The van der Waals surface area contributed by atoms with E-state index in [0.29, 0.717) is 10.7 Å². The van der Waals surface area contributed by atoms with E-state index < -0.39 is 0 Å². The fraction of sp³-hybridized carbons (Fsp3) is 0.133. The van der Waals surface area contributed by atoms with Gasteiger partial charge in [0.15, 0.2) is 0 Å². The van der Waals surface area contributed by atoms with Gasteiger partial charge in [0.1, 0.15) is 0 Å². The summed E-state index contributed by atoms with van der Waals surface area (Å²) in [5.74, 6) is 0. The minimum absolute atomic E-state index is 0.309. The standard InChI is InChI=1S/C15H15ClN2O/c1-10-7-8-12(9-11(10)2)17-15(19)18-14-6-4-3-5-13(14)16/h3-9H,1-2H3,(H2,17,18,19). The zero-order valence-corrected chi connectivity index (χ0v) is 11.6. The van der Waals surface area contributed by atoms with Crippen LogP contribution < -0.4 is 10.6 Å². The Morgan fingerprint density at radius 1 is 1.00 bits per heavy atom. The van der Waals surface area contributed by atoms with Crippen LogP contribution in [0.1, 0.15) is 11.1 Å². The van der Waals surface area contributed by atoms with Gasteiger partial charge in [0.25, 0.3) is 0 Å². The Morgan fingerprint density at radius 3 is 2.42 bits per heavy atom. The molecule has 0 aliphatic rings. The number of nitrogens with one attached hydrogen (secondary N) is 2. The van der Waals surface area contributed by atoms with Gasteiger partial charge in [-0.05, 0) is 49.2 Å². The zero-order chi connectivity index (χ0) is 13.8. The van der Waals surface area contributed by atoms with Crippen LogP contribution in [0.15, 0.2) is 42.5 Å². The fourth-order valence-electron chi connectivity index (χ4n) is 1.67. The lowest BCUT2D eigenvalue weighted by molar-refractivity contribution is 0.262. The van der Waals surface area contributed by atoms with Crippen molar-refractivity contribution in [2.75, 3.05) is 10.6 Å². The molecule has 19 heavy (non-hydrogen) atoms. The Bertz CT molecular complexity index is 611. The number of rotatable bonds is 2. The molecular weight excluding hydrogens is 260 g/mol.